The summed E-state index contributed by atoms with van der Waals surface area (Å²) in [6.45, 7) is 6.48. The maximum absolute atomic E-state index is 9.07. The maximum Gasteiger partial charge on any atom is 0.0692 e. The molecule has 2 aliphatic carbocycles. The molecule has 0 aromatic heterocycles. The van der Waals surface area contributed by atoms with Crippen LogP contribution in [0.25, 0.3) is 0 Å². The van der Waals surface area contributed by atoms with E-state index in [1.54, 1.807) is 0 Å². The van der Waals surface area contributed by atoms with E-state index in [0.29, 0.717) is 12.3 Å². The topological polar surface area (TPSA) is 65.2 Å². The van der Waals surface area contributed by atoms with Crippen molar-refractivity contribution in [3.05, 3.63) is 0 Å². The van der Waals surface area contributed by atoms with Crippen LogP contribution in [0.4, 0.5) is 0 Å². The minimum Gasteiger partial charge on any atom is -0.411 e. The summed E-state index contributed by atoms with van der Waals surface area (Å²) in [5.74, 6) is 0.318. The summed E-state index contributed by atoms with van der Waals surface area (Å²) in [7, 11) is 0. The molecule has 0 aliphatic heterocycles. The lowest BCUT2D eigenvalue weighted by Crippen LogP contribution is -2.48. The van der Waals surface area contributed by atoms with Gasteiger partial charge in [0.15, 0.2) is 0 Å². The first-order valence-electron chi connectivity index (χ1n) is 5.39. The number of hydrogen-bond donors (Lipinski definition) is 2. The van der Waals surface area contributed by atoms with Gasteiger partial charge in [-0.3, -0.25) is 0 Å². The lowest BCUT2D eigenvalue weighted by atomic mass is 9.57. The van der Waals surface area contributed by atoms with Crippen LogP contribution in [0.3, 0.4) is 0 Å². The van der Waals surface area contributed by atoms with Crippen LogP contribution < -0.4 is 0 Å². The Kier molecular flexibility index (Phi) is 2.07. The number of rotatable bonds is 0. The summed E-state index contributed by atoms with van der Waals surface area (Å²) in [6, 6.07) is 0. The molecule has 2 atom stereocenters. The summed E-state index contributed by atoms with van der Waals surface area (Å²) in [5.41, 5.74) is 1.48. The molecular weight excluding hydrogens is 192 g/mol. The molecule has 2 saturated carbocycles. The van der Waals surface area contributed by atoms with Crippen molar-refractivity contribution in [1.29, 1.82) is 0 Å². The van der Waals surface area contributed by atoms with Gasteiger partial charge in [-0.05, 0) is 18.3 Å². The molecule has 2 fully saturated rings. The fourth-order valence-corrected chi connectivity index (χ4v) is 3.34. The van der Waals surface area contributed by atoms with Crippen LogP contribution in [-0.4, -0.2) is 21.8 Å². The van der Waals surface area contributed by atoms with Crippen molar-refractivity contribution in [3.8, 4) is 0 Å². The van der Waals surface area contributed by atoms with Crippen molar-refractivity contribution >= 4 is 11.4 Å². The Balaban J connectivity index is 2.54. The fourth-order valence-electron chi connectivity index (χ4n) is 3.34. The Bertz CT molecular complexity index is 346. The van der Waals surface area contributed by atoms with E-state index in [4.69, 9.17) is 10.4 Å². The molecule has 15 heavy (non-hydrogen) atoms. The molecule has 0 saturated heterocycles. The van der Waals surface area contributed by atoms with Gasteiger partial charge in [0.1, 0.15) is 0 Å². The van der Waals surface area contributed by atoms with Crippen LogP contribution in [0, 0.1) is 16.7 Å². The third-order valence-corrected chi connectivity index (χ3v) is 4.86. The predicted molar refractivity (Wildman–Crippen MR) is 57.7 cm³/mol. The molecule has 4 heteroatoms. The minimum absolute atomic E-state index is 0.00831. The van der Waals surface area contributed by atoms with Crippen LogP contribution in [0.2, 0.25) is 0 Å². The van der Waals surface area contributed by atoms with E-state index in [1.807, 2.05) is 0 Å². The van der Waals surface area contributed by atoms with Crippen molar-refractivity contribution in [1.82, 2.24) is 0 Å². The van der Waals surface area contributed by atoms with Gasteiger partial charge in [0.25, 0.3) is 0 Å². The highest BCUT2D eigenvalue weighted by Gasteiger charge is 2.59. The van der Waals surface area contributed by atoms with Crippen molar-refractivity contribution in [2.75, 3.05) is 0 Å². The lowest BCUT2D eigenvalue weighted by Gasteiger charge is -2.46. The molecule has 0 heterocycles. The molecule has 2 N–H and O–H groups in total. The molecule has 0 aromatic carbocycles. The van der Waals surface area contributed by atoms with Gasteiger partial charge >= 0.3 is 0 Å². The van der Waals surface area contributed by atoms with Crippen molar-refractivity contribution in [2.24, 2.45) is 27.1 Å². The highest BCUT2D eigenvalue weighted by molar-refractivity contribution is 6.11. The summed E-state index contributed by atoms with van der Waals surface area (Å²) in [6.07, 6.45) is 2.53. The van der Waals surface area contributed by atoms with Gasteiger partial charge in [0.05, 0.1) is 11.4 Å². The number of oxime groups is 2. The molecule has 0 aromatic rings. The Morgan fingerprint density at radius 2 is 1.87 bits per heavy atom. The van der Waals surface area contributed by atoms with Gasteiger partial charge in [-0.15, -0.1) is 0 Å². The van der Waals surface area contributed by atoms with E-state index in [-0.39, 0.29) is 10.8 Å². The third kappa shape index (κ3) is 1.08. The largest absolute Gasteiger partial charge is 0.411 e. The normalized spacial score (nSPS) is 43.8. The predicted octanol–water partition coefficient (Wildman–Crippen LogP) is 2.49. The monoisotopic (exact) mass is 210 g/mol. The van der Waals surface area contributed by atoms with E-state index < -0.39 is 0 Å². The molecule has 84 valence electrons. The zero-order chi connectivity index (χ0) is 11.3. The molecule has 2 rings (SSSR count). The smallest absolute Gasteiger partial charge is 0.0692 e. The molecule has 0 spiro atoms. The standard InChI is InChI=1S/C11H18N2O2/c1-10(2)7-4-5-11(10,3)9(13-15)6-8(7)12-14/h7,14-15H,4-6H2,1-3H3/b12-8-,13-9-/t7-,11-/m0/s1. The van der Waals surface area contributed by atoms with Crippen molar-refractivity contribution in [2.45, 2.75) is 40.0 Å². The van der Waals surface area contributed by atoms with Crippen molar-refractivity contribution < 1.29 is 10.4 Å². The zero-order valence-electron chi connectivity index (χ0n) is 9.49. The van der Waals surface area contributed by atoms with Crippen LogP contribution in [0.5, 0.6) is 0 Å². The Morgan fingerprint density at radius 1 is 1.20 bits per heavy atom. The quantitative estimate of drug-likeness (QED) is 0.476. The van der Waals surface area contributed by atoms with Gasteiger partial charge in [-0.2, -0.15) is 0 Å². The zero-order valence-corrected chi connectivity index (χ0v) is 9.49. The first-order valence-corrected chi connectivity index (χ1v) is 5.39. The first-order chi connectivity index (χ1) is 6.97. The Hall–Kier alpha value is -1.06. The van der Waals surface area contributed by atoms with E-state index in [2.05, 4.69) is 31.1 Å². The molecular formula is C11H18N2O2. The lowest BCUT2D eigenvalue weighted by molar-refractivity contribution is 0.164. The fraction of sp³-hybridized carbons (Fsp3) is 0.818. The average molecular weight is 210 g/mol. The second-order valence-corrected chi connectivity index (χ2v) is 5.46. The molecule has 0 radical (unpaired) electrons. The van der Waals surface area contributed by atoms with E-state index in [0.717, 1.165) is 24.3 Å². The summed E-state index contributed by atoms with van der Waals surface area (Å²) in [5, 5.41) is 24.9. The highest BCUT2D eigenvalue weighted by atomic mass is 16.4. The van der Waals surface area contributed by atoms with E-state index >= 15 is 0 Å². The van der Waals surface area contributed by atoms with E-state index in [1.165, 1.54) is 0 Å². The minimum atomic E-state index is -0.0550. The molecule has 0 unspecified atom stereocenters. The van der Waals surface area contributed by atoms with E-state index in [9.17, 15) is 0 Å². The third-order valence-electron chi connectivity index (χ3n) is 4.86. The SMILES string of the molecule is CC1(C)[C@H]2CC[C@@]1(C)/C(=N\O)C/C2=N/O. The summed E-state index contributed by atoms with van der Waals surface area (Å²) >= 11 is 0. The summed E-state index contributed by atoms with van der Waals surface area (Å²) in [4.78, 5) is 0. The van der Waals surface area contributed by atoms with Crippen LogP contribution in [0.15, 0.2) is 10.3 Å². The Labute approximate surface area is 89.7 Å². The van der Waals surface area contributed by atoms with Crippen LogP contribution >= 0.6 is 0 Å². The van der Waals surface area contributed by atoms with Crippen LogP contribution in [0.1, 0.15) is 40.0 Å². The first kappa shape index (κ1) is 10.5. The van der Waals surface area contributed by atoms with Gasteiger partial charge < -0.3 is 10.4 Å². The van der Waals surface area contributed by atoms with Crippen LogP contribution in [-0.2, 0) is 0 Å². The molecule has 2 bridgehead atoms. The maximum atomic E-state index is 9.07. The van der Waals surface area contributed by atoms with Gasteiger partial charge in [-0.1, -0.05) is 31.1 Å². The second-order valence-electron chi connectivity index (χ2n) is 5.46. The van der Waals surface area contributed by atoms with Crippen molar-refractivity contribution in [3.63, 3.8) is 0 Å². The number of nitrogens with zero attached hydrogens (tertiary/aromatic N) is 2. The number of hydrogen-bond acceptors (Lipinski definition) is 4. The number of fused-ring (bicyclic) bond motifs is 2. The molecule has 0 amide bonds. The Morgan fingerprint density at radius 3 is 2.40 bits per heavy atom. The summed E-state index contributed by atoms with van der Waals surface area (Å²) < 4.78 is 0. The second kappa shape index (κ2) is 2.97. The molecule has 4 nitrogen and oxygen atoms in total. The highest BCUT2D eigenvalue weighted by Crippen LogP contribution is 2.60. The molecule has 2 aliphatic rings. The average Bonchev–Trinajstić information content (AvgIpc) is 2.37. The van der Waals surface area contributed by atoms with Gasteiger partial charge in [-0.25, -0.2) is 0 Å². The van der Waals surface area contributed by atoms with Gasteiger partial charge in [0, 0.05) is 17.8 Å². The van der Waals surface area contributed by atoms with Gasteiger partial charge in [0.2, 0.25) is 0 Å².